The second-order valence-corrected chi connectivity index (χ2v) is 6.82. The van der Waals surface area contributed by atoms with Crippen LogP contribution in [0.4, 0.5) is 0 Å². The predicted molar refractivity (Wildman–Crippen MR) is 76.4 cm³/mol. The lowest BCUT2D eigenvalue weighted by Crippen LogP contribution is -2.43. The minimum atomic E-state index is 0.361. The first-order valence-electron chi connectivity index (χ1n) is 7.30. The van der Waals surface area contributed by atoms with Gasteiger partial charge in [0, 0.05) is 12.1 Å². The maximum atomic E-state index is 3.64. The Morgan fingerprint density at radius 2 is 1.88 bits per heavy atom. The van der Waals surface area contributed by atoms with Crippen molar-refractivity contribution >= 4 is 0 Å². The zero-order valence-corrected chi connectivity index (χ0v) is 12.7. The highest BCUT2D eigenvalue weighted by molar-refractivity contribution is 4.86. The Labute approximate surface area is 108 Å². The van der Waals surface area contributed by atoms with Gasteiger partial charge in [0.25, 0.3) is 0 Å². The Morgan fingerprint density at radius 3 is 2.29 bits per heavy atom. The summed E-state index contributed by atoms with van der Waals surface area (Å²) in [6.45, 7) is 13.9. The maximum Gasteiger partial charge on any atom is 0.0128 e. The molecule has 1 N–H and O–H groups in total. The third kappa shape index (κ3) is 4.97. The minimum absolute atomic E-state index is 0.361. The second kappa shape index (κ2) is 6.19. The first-order chi connectivity index (χ1) is 7.86. The van der Waals surface area contributed by atoms with Gasteiger partial charge in [-0.3, -0.25) is 0 Å². The van der Waals surface area contributed by atoms with Crippen LogP contribution < -0.4 is 5.32 Å². The topological polar surface area (TPSA) is 15.3 Å². The molecule has 0 saturated heterocycles. The molecule has 17 heavy (non-hydrogen) atoms. The normalized spacial score (nSPS) is 20.6. The molecule has 0 radical (unpaired) electrons. The highest BCUT2D eigenvalue weighted by atomic mass is 15.1. The first-order valence-corrected chi connectivity index (χ1v) is 7.30. The fourth-order valence-electron chi connectivity index (χ4n) is 2.56. The van der Waals surface area contributed by atoms with E-state index >= 15 is 0 Å². The van der Waals surface area contributed by atoms with E-state index in [9.17, 15) is 0 Å². The summed E-state index contributed by atoms with van der Waals surface area (Å²) >= 11 is 0. The van der Waals surface area contributed by atoms with Gasteiger partial charge in [0.05, 0.1) is 0 Å². The van der Waals surface area contributed by atoms with Gasteiger partial charge >= 0.3 is 0 Å². The Hall–Kier alpha value is -0.0800. The van der Waals surface area contributed by atoms with E-state index < -0.39 is 0 Å². The van der Waals surface area contributed by atoms with Crippen molar-refractivity contribution in [3.8, 4) is 0 Å². The zero-order valence-electron chi connectivity index (χ0n) is 12.7. The van der Waals surface area contributed by atoms with Crippen LogP contribution in [0.2, 0.25) is 0 Å². The average Bonchev–Trinajstić information content (AvgIpc) is 3.04. The van der Waals surface area contributed by atoms with Crippen LogP contribution in [0.5, 0.6) is 0 Å². The average molecular weight is 240 g/mol. The van der Waals surface area contributed by atoms with E-state index in [1.165, 1.54) is 25.8 Å². The summed E-state index contributed by atoms with van der Waals surface area (Å²) in [5.41, 5.74) is 0.361. The molecule has 1 aliphatic rings. The van der Waals surface area contributed by atoms with Crippen molar-refractivity contribution in [3.63, 3.8) is 0 Å². The third-order valence-corrected chi connectivity index (χ3v) is 4.27. The van der Waals surface area contributed by atoms with Gasteiger partial charge in [-0.2, -0.15) is 0 Å². The van der Waals surface area contributed by atoms with Gasteiger partial charge in [-0.15, -0.1) is 0 Å². The van der Waals surface area contributed by atoms with Crippen LogP contribution in [0.15, 0.2) is 0 Å². The number of nitrogens with zero attached hydrogens (tertiary/aromatic N) is 1. The largest absolute Gasteiger partial charge is 0.314 e. The molecular formula is C15H32N2. The quantitative estimate of drug-likeness (QED) is 0.735. The van der Waals surface area contributed by atoms with E-state index in [1.807, 2.05) is 0 Å². The van der Waals surface area contributed by atoms with E-state index in [2.05, 4.69) is 51.9 Å². The molecule has 1 saturated carbocycles. The molecule has 0 bridgehead atoms. The molecule has 2 nitrogen and oxygen atoms in total. The lowest BCUT2D eigenvalue weighted by molar-refractivity contribution is 0.188. The molecule has 0 aromatic carbocycles. The molecule has 1 rings (SSSR count). The van der Waals surface area contributed by atoms with Crippen LogP contribution in [-0.2, 0) is 0 Å². The van der Waals surface area contributed by atoms with Crippen molar-refractivity contribution < 1.29 is 0 Å². The molecule has 1 fully saturated rings. The zero-order chi connectivity index (χ0) is 13.1. The number of rotatable bonds is 7. The molecule has 0 aromatic rings. The van der Waals surface area contributed by atoms with Crippen LogP contribution in [0, 0.1) is 11.3 Å². The van der Waals surface area contributed by atoms with Crippen LogP contribution in [0.25, 0.3) is 0 Å². The SMILES string of the molecule is CCNC(CCN(C)C(C)C1CC1)C(C)(C)C. The van der Waals surface area contributed by atoms with Gasteiger partial charge in [0.2, 0.25) is 0 Å². The van der Waals surface area contributed by atoms with Crippen LogP contribution in [-0.4, -0.2) is 37.1 Å². The van der Waals surface area contributed by atoms with Gasteiger partial charge in [0.15, 0.2) is 0 Å². The fraction of sp³-hybridized carbons (Fsp3) is 1.00. The van der Waals surface area contributed by atoms with Crippen molar-refractivity contribution in [2.75, 3.05) is 20.1 Å². The minimum Gasteiger partial charge on any atom is -0.314 e. The number of nitrogens with one attached hydrogen (secondary N) is 1. The van der Waals surface area contributed by atoms with Crippen LogP contribution >= 0.6 is 0 Å². The lowest BCUT2D eigenvalue weighted by atomic mass is 9.84. The van der Waals surface area contributed by atoms with Crippen LogP contribution in [0.1, 0.15) is 53.9 Å². The molecule has 0 aliphatic heterocycles. The van der Waals surface area contributed by atoms with Gasteiger partial charge in [-0.05, 0) is 57.7 Å². The summed E-state index contributed by atoms with van der Waals surface area (Å²) < 4.78 is 0. The van der Waals surface area contributed by atoms with E-state index in [0.717, 1.165) is 18.5 Å². The molecule has 102 valence electrons. The molecule has 0 heterocycles. The maximum absolute atomic E-state index is 3.64. The smallest absolute Gasteiger partial charge is 0.0128 e. The lowest BCUT2D eigenvalue weighted by Gasteiger charge is -2.34. The number of hydrogen-bond donors (Lipinski definition) is 1. The molecule has 1 aliphatic carbocycles. The Kier molecular flexibility index (Phi) is 5.46. The Balaban J connectivity index is 2.34. The van der Waals surface area contributed by atoms with E-state index in [4.69, 9.17) is 0 Å². The molecule has 2 heteroatoms. The monoisotopic (exact) mass is 240 g/mol. The van der Waals surface area contributed by atoms with Crippen molar-refractivity contribution in [1.29, 1.82) is 0 Å². The summed E-state index contributed by atoms with van der Waals surface area (Å²) in [4.78, 5) is 2.55. The highest BCUT2D eigenvalue weighted by Crippen LogP contribution is 2.34. The van der Waals surface area contributed by atoms with Gasteiger partial charge < -0.3 is 10.2 Å². The predicted octanol–water partition coefficient (Wildman–Crippen LogP) is 3.13. The van der Waals surface area contributed by atoms with Gasteiger partial charge in [-0.25, -0.2) is 0 Å². The number of hydrogen-bond acceptors (Lipinski definition) is 2. The van der Waals surface area contributed by atoms with Gasteiger partial charge in [0.1, 0.15) is 0 Å². The summed E-state index contributed by atoms with van der Waals surface area (Å²) in [6, 6.07) is 1.40. The second-order valence-electron chi connectivity index (χ2n) is 6.82. The molecule has 0 aromatic heterocycles. The molecule has 0 spiro atoms. The van der Waals surface area contributed by atoms with Crippen molar-refractivity contribution in [2.45, 2.75) is 66.0 Å². The molecule has 2 unspecified atom stereocenters. The summed E-state index contributed by atoms with van der Waals surface area (Å²) in [7, 11) is 2.29. The van der Waals surface area contributed by atoms with E-state index in [0.29, 0.717) is 11.5 Å². The van der Waals surface area contributed by atoms with Crippen molar-refractivity contribution in [2.24, 2.45) is 11.3 Å². The summed E-state index contributed by atoms with van der Waals surface area (Å²) in [6.07, 6.45) is 4.15. The molecule has 0 amide bonds. The third-order valence-electron chi connectivity index (χ3n) is 4.27. The van der Waals surface area contributed by atoms with Crippen molar-refractivity contribution in [1.82, 2.24) is 10.2 Å². The van der Waals surface area contributed by atoms with Crippen molar-refractivity contribution in [3.05, 3.63) is 0 Å². The summed E-state index contributed by atoms with van der Waals surface area (Å²) in [5, 5.41) is 3.64. The van der Waals surface area contributed by atoms with E-state index in [1.54, 1.807) is 0 Å². The first kappa shape index (κ1) is 15.0. The Bertz CT molecular complexity index is 215. The fourth-order valence-corrected chi connectivity index (χ4v) is 2.56. The highest BCUT2D eigenvalue weighted by Gasteiger charge is 2.31. The Morgan fingerprint density at radius 1 is 1.29 bits per heavy atom. The molecular weight excluding hydrogens is 208 g/mol. The summed E-state index contributed by atoms with van der Waals surface area (Å²) in [5.74, 6) is 0.979. The van der Waals surface area contributed by atoms with Crippen LogP contribution in [0.3, 0.4) is 0 Å². The van der Waals surface area contributed by atoms with E-state index in [-0.39, 0.29) is 0 Å². The molecule has 2 atom stereocenters. The standard InChI is InChI=1S/C15H32N2/c1-7-16-14(15(3,4)5)10-11-17(6)12(2)13-8-9-13/h12-14,16H,7-11H2,1-6H3. The van der Waals surface area contributed by atoms with Gasteiger partial charge in [-0.1, -0.05) is 27.7 Å².